The van der Waals surface area contributed by atoms with Crippen LogP contribution in [0.3, 0.4) is 0 Å². The van der Waals surface area contributed by atoms with Crippen LogP contribution in [0.2, 0.25) is 0 Å². The van der Waals surface area contributed by atoms with Crippen LogP contribution in [0.15, 0.2) is 24.3 Å². The monoisotopic (exact) mass is 276 g/mol. The Morgan fingerprint density at radius 3 is 2.40 bits per heavy atom. The first-order chi connectivity index (χ1) is 9.34. The van der Waals surface area contributed by atoms with Crippen molar-refractivity contribution in [3.63, 3.8) is 0 Å². The van der Waals surface area contributed by atoms with Crippen molar-refractivity contribution < 1.29 is 4.79 Å². The van der Waals surface area contributed by atoms with Crippen LogP contribution in [0.25, 0.3) is 0 Å². The Morgan fingerprint density at radius 2 is 1.90 bits per heavy atom. The highest BCUT2D eigenvalue weighted by Gasteiger charge is 2.25. The summed E-state index contributed by atoms with van der Waals surface area (Å²) in [6.07, 6.45) is 2.19. The van der Waals surface area contributed by atoms with E-state index >= 15 is 0 Å². The maximum Gasteiger partial charge on any atom is 0.220 e. The molecular weight excluding hydrogens is 248 g/mol. The van der Waals surface area contributed by atoms with Gasteiger partial charge in [0, 0.05) is 18.5 Å². The van der Waals surface area contributed by atoms with Crippen LogP contribution in [-0.4, -0.2) is 18.0 Å². The molecule has 1 aromatic carbocycles. The fraction of sp³-hybridized carbons (Fsp3) is 0.588. The number of benzene rings is 1. The van der Waals surface area contributed by atoms with Crippen molar-refractivity contribution in [3.05, 3.63) is 35.4 Å². The molecule has 3 heteroatoms. The lowest BCUT2D eigenvalue weighted by molar-refractivity contribution is -0.122. The topological polar surface area (TPSA) is 55.1 Å². The van der Waals surface area contributed by atoms with Crippen molar-refractivity contribution in [1.29, 1.82) is 0 Å². The van der Waals surface area contributed by atoms with Gasteiger partial charge in [-0.2, -0.15) is 0 Å². The van der Waals surface area contributed by atoms with E-state index < -0.39 is 0 Å². The van der Waals surface area contributed by atoms with Gasteiger partial charge < -0.3 is 11.1 Å². The molecule has 1 unspecified atom stereocenters. The zero-order chi connectivity index (χ0) is 15.2. The van der Waals surface area contributed by atoms with Crippen molar-refractivity contribution >= 4 is 5.91 Å². The van der Waals surface area contributed by atoms with E-state index in [-0.39, 0.29) is 11.4 Å². The lowest BCUT2D eigenvalue weighted by Gasteiger charge is -2.31. The third-order valence-electron chi connectivity index (χ3n) is 3.51. The Labute approximate surface area is 122 Å². The van der Waals surface area contributed by atoms with E-state index in [9.17, 15) is 4.79 Å². The molecule has 20 heavy (non-hydrogen) atoms. The minimum Gasteiger partial charge on any atom is -0.350 e. The molecule has 0 bridgehead atoms. The highest BCUT2D eigenvalue weighted by Crippen LogP contribution is 2.15. The third kappa shape index (κ3) is 5.74. The molecule has 0 aliphatic heterocycles. The van der Waals surface area contributed by atoms with Gasteiger partial charge in [0.2, 0.25) is 5.91 Å². The number of amides is 1. The summed E-state index contributed by atoms with van der Waals surface area (Å²) >= 11 is 0. The minimum absolute atomic E-state index is 0.0826. The molecule has 3 N–H and O–H groups in total. The molecule has 3 nitrogen and oxygen atoms in total. The SMILES string of the molecule is Cc1ccc(CCC(=O)NC(C)(CN)CC(C)C)cc1. The van der Waals surface area contributed by atoms with Gasteiger partial charge in [0.05, 0.1) is 0 Å². The van der Waals surface area contributed by atoms with Crippen LogP contribution in [-0.2, 0) is 11.2 Å². The molecule has 0 saturated carbocycles. The zero-order valence-corrected chi connectivity index (χ0v) is 13.2. The van der Waals surface area contributed by atoms with Gasteiger partial charge in [-0.05, 0) is 38.2 Å². The highest BCUT2D eigenvalue weighted by molar-refractivity contribution is 5.77. The molecule has 112 valence electrons. The first-order valence-electron chi connectivity index (χ1n) is 7.41. The Kier molecular flexibility index (Phi) is 6.21. The Bertz CT molecular complexity index is 425. The minimum atomic E-state index is -0.293. The number of aryl methyl sites for hydroxylation is 2. The van der Waals surface area contributed by atoms with E-state index in [0.717, 1.165) is 12.8 Å². The molecule has 1 aromatic rings. The van der Waals surface area contributed by atoms with Crippen LogP contribution in [0.4, 0.5) is 0 Å². The molecule has 0 aromatic heterocycles. The van der Waals surface area contributed by atoms with Crippen molar-refractivity contribution in [2.45, 2.75) is 52.5 Å². The van der Waals surface area contributed by atoms with E-state index in [2.05, 4.69) is 50.4 Å². The average Bonchev–Trinajstić information content (AvgIpc) is 2.37. The van der Waals surface area contributed by atoms with E-state index in [0.29, 0.717) is 18.9 Å². The maximum absolute atomic E-state index is 12.1. The summed E-state index contributed by atoms with van der Waals surface area (Å²) in [4.78, 5) is 12.1. The number of nitrogens with two attached hydrogens (primary N) is 1. The predicted molar refractivity (Wildman–Crippen MR) is 84.6 cm³/mol. The molecule has 1 amide bonds. The predicted octanol–water partition coefficient (Wildman–Crippen LogP) is 2.81. The smallest absolute Gasteiger partial charge is 0.220 e. The molecule has 1 rings (SSSR count). The van der Waals surface area contributed by atoms with E-state index in [1.165, 1.54) is 11.1 Å². The lowest BCUT2D eigenvalue weighted by atomic mass is 9.90. The third-order valence-corrected chi connectivity index (χ3v) is 3.51. The van der Waals surface area contributed by atoms with E-state index in [4.69, 9.17) is 5.73 Å². The summed E-state index contributed by atoms with van der Waals surface area (Å²) in [5.74, 6) is 0.597. The molecule has 0 radical (unpaired) electrons. The van der Waals surface area contributed by atoms with Gasteiger partial charge in [-0.15, -0.1) is 0 Å². The Hall–Kier alpha value is -1.35. The summed E-state index contributed by atoms with van der Waals surface area (Å²) in [5, 5.41) is 3.09. The summed E-state index contributed by atoms with van der Waals surface area (Å²) in [7, 11) is 0. The molecule has 0 fully saturated rings. The van der Waals surface area contributed by atoms with Crippen LogP contribution in [0.1, 0.15) is 44.7 Å². The van der Waals surface area contributed by atoms with E-state index in [1.807, 2.05) is 6.92 Å². The Morgan fingerprint density at radius 1 is 1.30 bits per heavy atom. The zero-order valence-electron chi connectivity index (χ0n) is 13.2. The number of carbonyl (C=O) groups excluding carboxylic acids is 1. The number of rotatable bonds is 7. The summed E-state index contributed by atoms with van der Waals surface area (Å²) in [6, 6.07) is 8.32. The molecular formula is C17H28N2O. The van der Waals surface area contributed by atoms with Crippen molar-refractivity contribution in [2.24, 2.45) is 11.7 Å². The maximum atomic E-state index is 12.1. The van der Waals surface area contributed by atoms with Crippen LogP contribution in [0, 0.1) is 12.8 Å². The number of hydrogen-bond donors (Lipinski definition) is 2. The molecule has 1 atom stereocenters. The van der Waals surface area contributed by atoms with Gasteiger partial charge in [0.1, 0.15) is 0 Å². The van der Waals surface area contributed by atoms with Gasteiger partial charge in [-0.25, -0.2) is 0 Å². The van der Waals surface area contributed by atoms with Crippen molar-refractivity contribution in [2.75, 3.05) is 6.54 Å². The van der Waals surface area contributed by atoms with Crippen LogP contribution in [0.5, 0.6) is 0 Å². The fourth-order valence-electron chi connectivity index (χ4n) is 2.50. The second-order valence-corrected chi connectivity index (χ2v) is 6.40. The summed E-state index contributed by atoms with van der Waals surface area (Å²) in [5.41, 5.74) is 7.96. The number of carbonyl (C=O) groups is 1. The summed E-state index contributed by atoms with van der Waals surface area (Å²) < 4.78 is 0. The highest BCUT2D eigenvalue weighted by atomic mass is 16.1. The van der Waals surface area contributed by atoms with Gasteiger partial charge >= 0.3 is 0 Å². The molecule has 0 spiro atoms. The fourth-order valence-corrected chi connectivity index (χ4v) is 2.50. The van der Waals surface area contributed by atoms with Crippen molar-refractivity contribution in [1.82, 2.24) is 5.32 Å². The van der Waals surface area contributed by atoms with Crippen LogP contribution >= 0.6 is 0 Å². The van der Waals surface area contributed by atoms with Crippen LogP contribution < -0.4 is 11.1 Å². The van der Waals surface area contributed by atoms with Gasteiger partial charge in [0.15, 0.2) is 0 Å². The quantitative estimate of drug-likeness (QED) is 0.804. The van der Waals surface area contributed by atoms with Gasteiger partial charge in [-0.3, -0.25) is 4.79 Å². The first-order valence-corrected chi connectivity index (χ1v) is 7.41. The summed E-state index contributed by atoms with van der Waals surface area (Å²) in [6.45, 7) is 8.85. The molecule has 0 aliphatic rings. The van der Waals surface area contributed by atoms with Gasteiger partial charge in [-0.1, -0.05) is 43.7 Å². The largest absolute Gasteiger partial charge is 0.350 e. The van der Waals surface area contributed by atoms with Crippen molar-refractivity contribution in [3.8, 4) is 0 Å². The van der Waals surface area contributed by atoms with Gasteiger partial charge in [0.25, 0.3) is 0 Å². The molecule has 0 aliphatic carbocycles. The van der Waals surface area contributed by atoms with E-state index in [1.54, 1.807) is 0 Å². The average molecular weight is 276 g/mol. The molecule has 0 saturated heterocycles. The lowest BCUT2D eigenvalue weighted by Crippen LogP contribution is -2.52. The second-order valence-electron chi connectivity index (χ2n) is 6.40. The number of hydrogen-bond acceptors (Lipinski definition) is 2. The second kappa shape index (κ2) is 7.44. The first kappa shape index (κ1) is 16.7. The molecule has 0 heterocycles. The normalized spacial score (nSPS) is 14.1. The Balaban J connectivity index is 2.48. The number of nitrogens with one attached hydrogen (secondary N) is 1. The standard InChI is InChI=1S/C17H28N2O/c1-13(2)11-17(4,12-18)19-16(20)10-9-15-7-5-14(3)6-8-15/h5-8,13H,9-12,18H2,1-4H3,(H,19,20).